The van der Waals surface area contributed by atoms with Crippen LogP contribution in [0.5, 0.6) is 0 Å². The molecule has 6 N–H and O–H groups in total. The Labute approximate surface area is 413 Å². The Hall–Kier alpha value is -6.79. The third kappa shape index (κ3) is 14.9. The number of sulfonamides is 2. The van der Waals surface area contributed by atoms with Gasteiger partial charge in [-0.1, -0.05) is 70.7 Å². The average molecular weight is 1090 g/mol. The van der Waals surface area contributed by atoms with Crippen LogP contribution in [0.2, 0.25) is 20.1 Å². The molecule has 0 spiro atoms. The minimum Gasteiger partial charge on any atom is -0.399 e. The van der Waals surface area contributed by atoms with Crippen molar-refractivity contribution in [3.8, 4) is 0 Å². The Balaban J connectivity index is 0.000000285. The van der Waals surface area contributed by atoms with Gasteiger partial charge in [0, 0.05) is 49.0 Å². The molecule has 70 heavy (non-hydrogen) atoms. The molecule has 0 aliphatic heterocycles. The van der Waals surface area contributed by atoms with Crippen molar-refractivity contribution in [3.05, 3.63) is 163 Å². The van der Waals surface area contributed by atoms with Crippen LogP contribution in [0.3, 0.4) is 0 Å². The number of nitrogen functional groups attached to an aromatic ring is 1. The Kier molecular flexibility index (Phi) is 18.5. The highest BCUT2D eigenvalue weighted by atomic mass is 35.5. The van der Waals surface area contributed by atoms with Gasteiger partial charge in [0.2, 0.25) is 17.6 Å². The molecular weight excluding hydrogens is 1060 g/mol. The van der Waals surface area contributed by atoms with E-state index in [1.54, 1.807) is 6.07 Å². The van der Waals surface area contributed by atoms with Gasteiger partial charge >= 0.3 is 18.4 Å². The smallest absolute Gasteiger partial charge is 0.399 e. The average Bonchev–Trinajstić information content (AvgIpc) is 3.28. The molecule has 16 nitrogen and oxygen atoms in total. The highest BCUT2D eigenvalue weighted by Crippen LogP contribution is 2.38. The Morgan fingerprint density at radius 1 is 0.643 bits per heavy atom. The molecule has 4 aromatic carbocycles. The van der Waals surface area contributed by atoms with Crippen molar-refractivity contribution in [1.82, 2.24) is 15.3 Å². The summed E-state index contributed by atoms with van der Waals surface area (Å²) in [5.74, 6) is -1.42. The number of isocyanates is 1. The van der Waals surface area contributed by atoms with E-state index >= 15 is 0 Å². The summed E-state index contributed by atoms with van der Waals surface area (Å²) in [5, 5.41) is 3.45. The van der Waals surface area contributed by atoms with Crippen molar-refractivity contribution in [2.24, 2.45) is 4.99 Å². The van der Waals surface area contributed by atoms with Crippen molar-refractivity contribution < 1.29 is 62.4 Å². The Morgan fingerprint density at radius 3 is 1.44 bits per heavy atom. The third-order valence-corrected chi connectivity index (χ3v) is 12.4. The molecule has 0 aliphatic rings. The summed E-state index contributed by atoms with van der Waals surface area (Å²) in [6.45, 7) is 0. The molecule has 6 rings (SSSR count). The lowest BCUT2D eigenvalue weighted by Gasteiger charge is -2.14. The number of amides is 2. The molecule has 0 aliphatic carbocycles. The second-order valence-corrected chi connectivity index (χ2v) is 18.5. The summed E-state index contributed by atoms with van der Waals surface area (Å²) in [6, 6.07) is 17.4. The molecule has 2 aromatic heterocycles. The summed E-state index contributed by atoms with van der Waals surface area (Å²) in [4.78, 5) is 55.6. The summed E-state index contributed by atoms with van der Waals surface area (Å²) >= 11 is 22.9. The highest BCUT2D eigenvalue weighted by Gasteiger charge is 2.36. The summed E-state index contributed by atoms with van der Waals surface area (Å²) in [5.41, 5.74) is 2.36. The van der Waals surface area contributed by atoms with E-state index in [0.29, 0.717) is 17.8 Å². The molecule has 0 saturated heterocycles. The first-order valence-electron chi connectivity index (χ1n) is 18.7. The van der Waals surface area contributed by atoms with Gasteiger partial charge in [-0.3, -0.25) is 19.0 Å². The van der Waals surface area contributed by atoms with Gasteiger partial charge in [-0.25, -0.2) is 41.4 Å². The van der Waals surface area contributed by atoms with Crippen LogP contribution in [0.25, 0.3) is 0 Å². The second kappa shape index (κ2) is 23.2. The first-order chi connectivity index (χ1) is 32.6. The lowest BCUT2D eigenvalue weighted by Crippen LogP contribution is -2.24. The SMILES string of the molecule is CN=C=O.CNC(=O)Nc1cccc(C(=O)c2ncc(Cl)cc2NS(=O)(=O)c2ccc(Cl)c(C(F)(F)F)c2)c1.Nc1cccc(C(=O)c2ncc(Cl)cc2NS(=O)(=O)c2ccc(Cl)c(C(F)(F)F)c2)c1. The highest BCUT2D eigenvalue weighted by molar-refractivity contribution is 7.93. The molecule has 2 heterocycles. The number of hydrogen-bond acceptors (Lipinski definition) is 12. The van der Waals surface area contributed by atoms with E-state index < -0.39 is 81.0 Å². The first kappa shape index (κ1) is 55.8. The van der Waals surface area contributed by atoms with Crippen LogP contribution in [-0.2, 0) is 37.2 Å². The van der Waals surface area contributed by atoms with E-state index in [1.807, 2.05) is 0 Å². The summed E-state index contributed by atoms with van der Waals surface area (Å²) in [7, 11) is -6.40. The monoisotopic (exact) mass is 1090 g/mol. The number of ketones is 2. The van der Waals surface area contributed by atoms with E-state index in [2.05, 4.69) is 35.0 Å². The molecule has 0 unspecified atom stereocenters. The maximum Gasteiger partial charge on any atom is 0.417 e. The van der Waals surface area contributed by atoms with Crippen LogP contribution in [0.15, 0.2) is 124 Å². The van der Waals surface area contributed by atoms with Gasteiger partial charge in [-0.05, 0) is 72.8 Å². The van der Waals surface area contributed by atoms with Crippen LogP contribution in [0.4, 0.5) is 53.9 Å². The maximum absolute atomic E-state index is 13.2. The third-order valence-electron chi connectivity index (χ3n) is 8.58. The zero-order valence-electron chi connectivity index (χ0n) is 35.2. The van der Waals surface area contributed by atoms with E-state index in [4.69, 9.17) is 56.9 Å². The maximum atomic E-state index is 13.2. The number of aromatic nitrogens is 2. The number of nitrogens with one attached hydrogen (secondary N) is 4. The number of nitrogens with zero attached hydrogens (tertiary/aromatic N) is 3. The molecule has 2 amide bonds. The molecule has 0 saturated carbocycles. The number of alkyl halides is 6. The van der Waals surface area contributed by atoms with E-state index in [9.17, 15) is 57.6 Å². The number of urea groups is 1. The van der Waals surface area contributed by atoms with Crippen molar-refractivity contribution >= 4 is 113 Å². The van der Waals surface area contributed by atoms with Crippen LogP contribution in [0.1, 0.15) is 43.2 Å². The van der Waals surface area contributed by atoms with Gasteiger partial charge < -0.3 is 16.4 Å². The molecule has 0 bridgehead atoms. The number of nitrogens with two attached hydrogens (primary N) is 1. The normalized spacial score (nSPS) is 11.3. The number of carbonyl (C=O) groups is 3. The van der Waals surface area contributed by atoms with Gasteiger partial charge in [0.25, 0.3) is 20.0 Å². The van der Waals surface area contributed by atoms with E-state index in [-0.39, 0.29) is 49.6 Å². The number of benzene rings is 4. The Bertz CT molecular complexity index is 3250. The second-order valence-electron chi connectivity index (χ2n) is 13.5. The fourth-order valence-corrected chi connectivity index (χ4v) is 8.40. The zero-order chi connectivity index (χ0) is 52.4. The van der Waals surface area contributed by atoms with Crippen LogP contribution in [-0.4, -0.2) is 64.6 Å². The lowest BCUT2D eigenvalue weighted by atomic mass is 10.1. The van der Waals surface area contributed by atoms with Crippen molar-refractivity contribution in [1.29, 1.82) is 0 Å². The molecule has 6 aromatic rings. The Morgan fingerprint density at radius 2 is 1.06 bits per heavy atom. The van der Waals surface area contributed by atoms with Gasteiger partial charge in [0.05, 0.1) is 52.4 Å². The predicted molar refractivity (Wildman–Crippen MR) is 249 cm³/mol. The van der Waals surface area contributed by atoms with Crippen molar-refractivity contribution in [2.75, 3.05) is 34.6 Å². The first-order valence-corrected chi connectivity index (χ1v) is 23.2. The van der Waals surface area contributed by atoms with Gasteiger partial charge in [0.15, 0.2) is 0 Å². The number of aliphatic imine (C=N–C) groups is 1. The molecule has 0 fully saturated rings. The molecule has 0 atom stereocenters. The fraction of sp³-hybridized carbons (Fsp3) is 0.0952. The summed E-state index contributed by atoms with van der Waals surface area (Å²) in [6.07, 6.45) is -6.23. The quantitative estimate of drug-likeness (QED) is 0.0268. The largest absolute Gasteiger partial charge is 0.417 e. The zero-order valence-corrected chi connectivity index (χ0v) is 39.8. The lowest BCUT2D eigenvalue weighted by molar-refractivity contribution is -0.138. The number of rotatable bonds is 11. The van der Waals surface area contributed by atoms with Crippen LogP contribution in [0, 0.1) is 0 Å². The van der Waals surface area contributed by atoms with Crippen molar-refractivity contribution in [3.63, 3.8) is 0 Å². The minimum atomic E-state index is -4.89. The summed E-state index contributed by atoms with van der Waals surface area (Å²) < 4.78 is 134. The van der Waals surface area contributed by atoms with Gasteiger partial charge in [-0.15, -0.1) is 0 Å². The molecule has 0 radical (unpaired) electrons. The van der Waals surface area contributed by atoms with E-state index in [0.717, 1.165) is 48.8 Å². The van der Waals surface area contributed by atoms with E-state index in [1.165, 1.54) is 62.6 Å². The number of pyridine rings is 2. The standard InChI is InChI=1S/C21H15Cl2F3N4O4S.C19H12Cl2F3N3O3S.C2H3NO/c1-27-20(32)29-13-4-2-3-11(7-13)19(31)18-17(8-12(22)10-28-18)30-35(33,34)14-5-6-16(23)15(9-14)21(24,25)26;20-11-7-16(17(26-9-11)18(28)10-2-1-3-12(25)6-10)27-31(29,30)13-4-5-15(21)14(8-13)19(22,23)24;1-3-2-4/h2-10,30H,1H3,(H2,27,29,32);1-9,27H,25H2;1H3. The number of anilines is 4. The van der Waals surface area contributed by atoms with Crippen LogP contribution >= 0.6 is 46.4 Å². The molecule has 368 valence electrons. The van der Waals surface area contributed by atoms with Gasteiger partial charge in [-0.2, -0.15) is 26.3 Å². The minimum absolute atomic E-state index is 0.00564. The molecular formula is C42H30Cl4F6N8O8S2. The molecule has 28 heteroatoms. The number of halogens is 10. The number of carbonyl (C=O) groups excluding carboxylic acids is 4. The van der Waals surface area contributed by atoms with Crippen LogP contribution < -0.4 is 25.8 Å². The fourth-order valence-electron chi connectivity index (χ4n) is 5.47. The van der Waals surface area contributed by atoms with Crippen molar-refractivity contribution in [2.45, 2.75) is 22.1 Å². The number of hydrogen-bond donors (Lipinski definition) is 5. The predicted octanol–water partition coefficient (Wildman–Crippen LogP) is 10.2. The topological polar surface area (TPSA) is 249 Å². The van der Waals surface area contributed by atoms with Gasteiger partial charge in [0.1, 0.15) is 11.4 Å².